The Morgan fingerprint density at radius 1 is 1.48 bits per heavy atom. The lowest BCUT2D eigenvalue weighted by molar-refractivity contribution is -0.115. The molecule has 0 aliphatic heterocycles. The van der Waals surface area contributed by atoms with Gasteiger partial charge in [-0.25, -0.2) is 0 Å². The van der Waals surface area contributed by atoms with Crippen LogP contribution in [-0.4, -0.2) is 33.0 Å². The number of benzene rings is 1. The molecule has 0 saturated heterocycles. The van der Waals surface area contributed by atoms with Crippen LogP contribution in [0.25, 0.3) is 11.6 Å². The van der Waals surface area contributed by atoms with Crippen molar-refractivity contribution in [1.82, 2.24) is 14.8 Å². The van der Waals surface area contributed by atoms with E-state index in [-0.39, 0.29) is 5.91 Å². The van der Waals surface area contributed by atoms with Crippen LogP contribution in [0.4, 0.5) is 5.69 Å². The minimum absolute atomic E-state index is 0.192. The van der Waals surface area contributed by atoms with Crippen molar-refractivity contribution in [2.24, 2.45) is 0 Å². The molecule has 0 radical (unpaired) electrons. The van der Waals surface area contributed by atoms with Crippen molar-refractivity contribution in [1.29, 1.82) is 0 Å². The van der Waals surface area contributed by atoms with Gasteiger partial charge < -0.3 is 14.5 Å². The van der Waals surface area contributed by atoms with Gasteiger partial charge in [0.1, 0.15) is 5.75 Å². The summed E-state index contributed by atoms with van der Waals surface area (Å²) in [6.45, 7) is 7.94. The number of aromatic nitrogens is 3. The van der Waals surface area contributed by atoms with Crippen molar-refractivity contribution in [3.8, 4) is 17.3 Å². The Bertz CT molecular complexity index is 1020. The number of amides is 1. The number of hydrogen-bond acceptors (Lipinski definition) is 6. The van der Waals surface area contributed by atoms with Crippen LogP contribution in [-0.2, 0) is 11.3 Å². The van der Waals surface area contributed by atoms with Crippen molar-refractivity contribution in [2.75, 3.05) is 12.4 Å². The van der Waals surface area contributed by atoms with Gasteiger partial charge in [-0.15, -0.1) is 16.8 Å². The highest BCUT2D eigenvalue weighted by atomic mass is 35.5. The topological polar surface area (TPSA) is 82.2 Å². The van der Waals surface area contributed by atoms with Crippen molar-refractivity contribution in [3.05, 3.63) is 53.8 Å². The normalized spacial score (nSPS) is 11.9. The summed E-state index contributed by atoms with van der Waals surface area (Å²) < 4.78 is 12.6. The van der Waals surface area contributed by atoms with Gasteiger partial charge in [-0.3, -0.25) is 9.36 Å². The fraction of sp³-hybridized carbons (Fsp3) is 0.250. The third kappa shape index (κ3) is 4.65. The maximum absolute atomic E-state index is 12.8. The Morgan fingerprint density at radius 2 is 2.28 bits per heavy atom. The third-order valence-corrected chi connectivity index (χ3v) is 5.65. The van der Waals surface area contributed by atoms with Gasteiger partial charge in [0.2, 0.25) is 11.7 Å². The van der Waals surface area contributed by atoms with Gasteiger partial charge in [-0.05, 0) is 37.6 Å². The first-order valence-corrected chi connectivity index (χ1v) is 10.1. The molecule has 0 bridgehead atoms. The summed E-state index contributed by atoms with van der Waals surface area (Å²) in [7, 11) is 1.53. The molecule has 152 valence electrons. The van der Waals surface area contributed by atoms with E-state index in [4.69, 9.17) is 20.8 Å². The molecule has 0 saturated carbocycles. The van der Waals surface area contributed by atoms with E-state index in [9.17, 15) is 4.79 Å². The van der Waals surface area contributed by atoms with Gasteiger partial charge in [0.05, 0.1) is 24.3 Å². The summed E-state index contributed by atoms with van der Waals surface area (Å²) in [6, 6.07) is 7.06. The second kappa shape index (κ2) is 9.19. The summed E-state index contributed by atoms with van der Waals surface area (Å²) >= 11 is 7.43. The molecule has 3 aromatic rings. The zero-order valence-corrected chi connectivity index (χ0v) is 17.9. The Kier molecular flexibility index (Phi) is 6.66. The number of thioether (sulfide) groups is 1. The minimum atomic E-state index is -0.437. The van der Waals surface area contributed by atoms with E-state index in [2.05, 4.69) is 22.1 Å². The molecule has 0 aliphatic rings. The lowest BCUT2D eigenvalue weighted by Crippen LogP contribution is -2.23. The molecule has 2 heterocycles. The molecule has 9 heteroatoms. The van der Waals surface area contributed by atoms with Crippen LogP contribution in [0.3, 0.4) is 0 Å². The molecule has 0 fully saturated rings. The van der Waals surface area contributed by atoms with Crippen molar-refractivity contribution in [2.45, 2.75) is 30.8 Å². The number of furan rings is 1. The maximum atomic E-state index is 12.8. The average molecular weight is 433 g/mol. The number of carbonyl (C=O) groups excluding carboxylic acids is 1. The molecule has 3 rings (SSSR count). The zero-order valence-electron chi connectivity index (χ0n) is 16.3. The molecule has 1 unspecified atom stereocenters. The number of aryl methyl sites for hydroxylation is 1. The van der Waals surface area contributed by atoms with Crippen LogP contribution >= 0.6 is 23.4 Å². The SMILES string of the molecule is C=CCn1c(SC(C)C(=O)Nc2cc(C)c(Cl)cc2OC)nnc1-c1ccco1. The number of allylic oxidation sites excluding steroid dienone is 1. The lowest BCUT2D eigenvalue weighted by Gasteiger charge is -2.15. The number of methoxy groups -OCH3 is 1. The van der Waals surface area contributed by atoms with E-state index < -0.39 is 5.25 Å². The molecule has 29 heavy (non-hydrogen) atoms. The second-order valence-electron chi connectivity index (χ2n) is 6.23. The highest BCUT2D eigenvalue weighted by Gasteiger charge is 2.22. The molecule has 0 spiro atoms. The molecule has 1 amide bonds. The Labute approximate surface area is 178 Å². The quantitative estimate of drug-likeness (QED) is 0.406. The van der Waals surface area contributed by atoms with Gasteiger partial charge in [-0.1, -0.05) is 29.4 Å². The predicted octanol–water partition coefficient (Wildman–Crippen LogP) is 4.81. The number of ether oxygens (including phenoxy) is 1. The number of nitrogens with zero attached hydrogens (tertiary/aromatic N) is 3. The number of anilines is 1. The van der Waals surface area contributed by atoms with Crippen LogP contribution in [0.2, 0.25) is 5.02 Å². The van der Waals surface area contributed by atoms with Gasteiger partial charge >= 0.3 is 0 Å². The predicted molar refractivity (Wildman–Crippen MR) is 115 cm³/mol. The smallest absolute Gasteiger partial charge is 0.237 e. The lowest BCUT2D eigenvalue weighted by atomic mass is 10.2. The first kappa shape index (κ1) is 21.0. The molecular weight excluding hydrogens is 412 g/mol. The molecule has 1 atom stereocenters. The summed E-state index contributed by atoms with van der Waals surface area (Å²) in [4.78, 5) is 12.8. The summed E-state index contributed by atoms with van der Waals surface area (Å²) in [5, 5.41) is 12.1. The standard InChI is InChI=1S/C20H21ClN4O3S/c1-5-8-25-18(16-7-6-9-28-16)23-24-20(25)29-13(3)19(26)22-15-10-12(2)14(21)11-17(15)27-4/h5-7,9-11,13H,1,8H2,2-4H3,(H,22,26). The second-order valence-corrected chi connectivity index (χ2v) is 7.95. The molecular formula is C20H21ClN4O3S. The fourth-order valence-corrected chi connectivity index (χ4v) is 3.65. The first-order valence-electron chi connectivity index (χ1n) is 8.84. The number of halogens is 1. The number of carbonyl (C=O) groups is 1. The summed E-state index contributed by atoms with van der Waals surface area (Å²) in [5.41, 5.74) is 1.41. The van der Waals surface area contributed by atoms with Crippen LogP contribution in [0.5, 0.6) is 5.75 Å². The van der Waals surface area contributed by atoms with E-state index >= 15 is 0 Å². The summed E-state index contributed by atoms with van der Waals surface area (Å²) in [6.07, 6.45) is 3.32. The monoisotopic (exact) mass is 432 g/mol. The van der Waals surface area contributed by atoms with Crippen LogP contribution in [0, 0.1) is 6.92 Å². The minimum Gasteiger partial charge on any atom is -0.495 e. The molecule has 1 aromatic carbocycles. The third-order valence-electron chi connectivity index (χ3n) is 4.16. The van der Waals surface area contributed by atoms with Crippen LogP contribution < -0.4 is 10.1 Å². The maximum Gasteiger partial charge on any atom is 0.237 e. The molecule has 1 N–H and O–H groups in total. The zero-order chi connectivity index (χ0) is 21.0. The summed E-state index contributed by atoms with van der Waals surface area (Å²) in [5.74, 6) is 1.49. The Balaban J connectivity index is 1.78. The van der Waals surface area contributed by atoms with E-state index in [1.807, 2.05) is 17.6 Å². The van der Waals surface area contributed by atoms with Crippen molar-refractivity contribution >= 4 is 35.0 Å². The van der Waals surface area contributed by atoms with Gasteiger partial charge in [0, 0.05) is 17.6 Å². The molecule has 7 nitrogen and oxygen atoms in total. The largest absolute Gasteiger partial charge is 0.495 e. The van der Waals surface area contributed by atoms with E-state index in [0.29, 0.717) is 39.7 Å². The first-order chi connectivity index (χ1) is 13.9. The molecule has 2 aromatic heterocycles. The van der Waals surface area contributed by atoms with Crippen molar-refractivity contribution < 1.29 is 13.9 Å². The molecule has 0 aliphatic carbocycles. The number of hydrogen-bond donors (Lipinski definition) is 1. The highest BCUT2D eigenvalue weighted by molar-refractivity contribution is 8.00. The Morgan fingerprint density at radius 3 is 2.93 bits per heavy atom. The van der Waals surface area contributed by atoms with E-state index in [1.54, 1.807) is 37.5 Å². The highest BCUT2D eigenvalue weighted by Crippen LogP contribution is 2.32. The fourth-order valence-electron chi connectivity index (χ4n) is 2.63. The van der Waals surface area contributed by atoms with Gasteiger partial charge in [-0.2, -0.15) is 0 Å². The average Bonchev–Trinajstić information content (AvgIpc) is 3.35. The number of rotatable bonds is 8. The van der Waals surface area contributed by atoms with E-state index in [1.165, 1.54) is 18.9 Å². The van der Waals surface area contributed by atoms with Crippen LogP contribution in [0.15, 0.2) is 52.8 Å². The Hall–Kier alpha value is -2.71. The van der Waals surface area contributed by atoms with Gasteiger partial charge in [0.25, 0.3) is 0 Å². The van der Waals surface area contributed by atoms with E-state index in [0.717, 1.165) is 5.56 Å². The van der Waals surface area contributed by atoms with Gasteiger partial charge in [0.15, 0.2) is 10.9 Å². The number of nitrogens with one attached hydrogen (secondary N) is 1. The van der Waals surface area contributed by atoms with Crippen molar-refractivity contribution in [3.63, 3.8) is 0 Å². The van der Waals surface area contributed by atoms with Crippen LogP contribution in [0.1, 0.15) is 12.5 Å².